The lowest BCUT2D eigenvalue weighted by Gasteiger charge is -2.20. The topological polar surface area (TPSA) is 41.6 Å². The molecule has 1 aliphatic heterocycles. The summed E-state index contributed by atoms with van der Waals surface area (Å²) in [6, 6.07) is 16.8. The number of ether oxygens (including phenoxy) is 1. The number of hydrogen-bond donors (Lipinski definition) is 1. The molecule has 1 fully saturated rings. The second-order valence-electron chi connectivity index (χ2n) is 5.83. The van der Waals surface area contributed by atoms with Gasteiger partial charge in [0.2, 0.25) is 0 Å². The molecule has 0 unspecified atom stereocenters. The minimum atomic E-state index is -0.401. The Kier molecular flexibility index (Phi) is 4.74. The fraction of sp³-hybridized carbons (Fsp3) is 0.105. The zero-order valence-electron chi connectivity index (χ0n) is 13.5. The summed E-state index contributed by atoms with van der Waals surface area (Å²) >= 11 is 4.49. The van der Waals surface area contributed by atoms with Crippen molar-refractivity contribution in [3.05, 3.63) is 70.5 Å². The highest BCUT2D eigenvalue weighted by Gasteiger charge is 2.28. The molecule has 0 atom stereocenters. The Labute approximate surface area is 162 Å². The molecule has 1 aliphatic rings. The molecule has 1 heterocycles. The number of hydrogen-bond acceptors (Lipinski definition) is 4. The average Bonchev–Trinajstić information content (AvgIpc) is 3.06. The normalized spacial score (nSPS) is 13.9. The van der Waals surface area contributed by atoms with Crippen molar-refractivity contribution >= 4 is 50.4 Å². The Bertz CT molecular complexity index is 984. The highest BCUT2D eigenvalue weighted by molar-refractivity contribution is 9.10. The molecular formula is C19H14BrFN2O2S. The molecule has 132 valence electrons. The fourth-order valence-electron chi connectivity index (χ4n) is 2.80. The van der Waals surface area contributed by atoms with Crippen LogP contribution in [-0.2, 0) is 11.4 Å². The van der Waals surface area contributed by atoms with Crippen molar-refractivity contribution in [1.29, 1.82) is 0 Å². The second kappa shape index (κ2) is 7.17. The molecule has 0 aromatic heterocycles. The van der Waals surface area contributed by atoms with Crippen LogP contribution in [0.15, 0.2) is 59.1 Å². The third kappa shape index (κ3) is 3.37. The van der Waals surface area contributed by atoms with E-state index in [-0.39, 0.29) is 18.1 Å². The van der Waals surface area contributed by atoms with E-state index in [1.807, 2.05) is 42.5 Å². The van der Waals surface area contributed by atoms with Crippen molar-refractivity contribution in [3.63, 3.8) is 0 Å². The molecule has 3 aromatic rings. The van der Waals surface area contributed by atoms with Gasteiger partial charge in [-0.3, -0.25) is 13.8 Å². The molecule has 0 bridgehead atoms. The standard InChI is InChI=1S/C19H14BrFN2O2S/c20-14-6-7-15-13(8-14)9-16(25-11-12-4-2-1-3-5-12)19(18(15)21)23-10-17(24)22-26-23/h1-9H,10-11H2,(H,22,24). The lowest BCUT2D eigenvalue weighted by Crippen LogP contribution is -2.17. The van der Waals surface area contributed by atoms with Crippen molar-refractivity contribution in [2.45, 2.75) is 6.61 Å². The molecule has 7 heteroatoms. The van der Waals surface area contributed by atoms with Crippen LogP contribution in [0.25, 0.3) is 10.8 Å². The van der Waals surface area contributed by atoms with E-state index < -0.39 is 5.82 Å². The number of benzene rings is 3. The summed E-state index contributed by atoms with van der Waals surface area (Å²) in [5.41, 5.74) is 1.26. The Hall–Kier alpha value is -2.25. The largest absolute Gasteiger partial charge is 0.487 e. The average molecular weight is 433 g/mol. The molecule has 26 heavy (non-hydrogen) atoms. The maximum absolute atomic E-state index is 15.3. The summed E-state index contributed by atoms with van der Waals surface area (Å²) in [4.78, 5) is 11.6. The van der Waals surface area contributed by atoms with Gasteiger partial charge in [0.1, 0.15) is 24.6 Å². The third-order valence-corrected chi connectivity index (χ3v) is 5.37. The maximum atomic E-state index is 15.3. The van der Waals surface area contributed by atoms with Crippen LogP contribution in [0, 0.1) is 5.82 Å². The lowest BCUT2D eigenvalue weighted by molar-refractivity contribution is -0.117. The van der Waals surface area contributed by atoms with Crippen LogP contribution in [0.5, 0.6) is 5.75 Å². The number of rotatable bonds is 4. The zero-order chi connectivity index (χ0) is 18.1. The fourth-order valence-corrected chi connectivity index (χ4v) is 3.90. The summed E-state index contributed by atoms with van der Waals surface area (Å²) < 4.78 is 26.3. The number of anilines is 1. The predicted molar refractivity (Wildman–Crippen MR) is 105 cm³/mol. The Balaban J connectivity index is 1.78. The molecule has 4 nitrogen and oxygen atoms in total. The Morgan fingerprint density at radius 2 is 2.00 bits per heavy atom. The van der Waals surface area contributed by atoms with Gasteiger partial charge in [-0.1, -0.05) is 52.3 Å². The molecule has 0 aliphatic carbocycles. The Morgan fingerprint density at radius 3 is 2.73 bits per heavy atom. The van der Waals surface area contributed by atoms with E-state index in [1.54, 1.807) is 16.4 Å². The van der Waals surface area contributed by atoms with Crippen LogP contribution < -0.4 is 13.8 Å². The van der Waals surface area contributed by atoms with Crippen molar-refractivity contribution in [2.75, 3.05) is 10.8 Å². The molecule has 1 saturated heterocycles. The van der Waals surface area contributed by atoms with Crippen LogP contribution >= 0.6 is 28.1 Å². The molecule has 0 radical (unpaired) electrons. The van der Waals surface area contributed by atoms with Gasteiger partial charge in [0.15, 0.2) is 5.82 Å². The molecule has 3 aromatic carbocycles. The number of nitrogens with one attached hydrogen (secondary N) is 1. The van der Waals surface area contributed by atoms with Crippen LogP contribution in [0.3, 0.4) is 0 Å². The van der Waals surface area contributed by atoms with Gasteiger partial charge >= 0.3 is 0 Å². The van der Waals surface area contributed by atoms with Crippen LogP contribution in [0.4, 0.5) is 10.1 Å². The van der Waals surface area contributed by atoms with E-state index in [4.69, 9.17) is 4.74 Å². The number of carbonyl (C=O) groups excluding carboxylic acids is 1. The van der Waals surface area contributed by atoms with Gasteiger partial charge in [-0.05, 0) is 29.1 Å². The Morgan fingerprint density at radius 1 is 1.19 bits per heavy atom. The van der Waals surface area contributed by atoms with E-state index in [2.05, 4.69) is 20.7 Å². The third-order valence-electron chi connectivity index (χ3n) is 4.02. The predicted octanol–water partition coefficient (Wildman–Crippen LogP) is 4.82. The van der Waals surface area contributed by atoms with Gasteiger partial charge < -0.3 is 4.74 Å². The first-order valence-corrected chi connectivity index (χ1v) is 9.50. The summed E-state index contributed by atoms with van der Waals surface area (Å²) in [6.07, 6.45) is 0. The van der Waals surface area contributed by atoms with Crippen molar-refractivity contribution in [3.8, 4) is 5.75 Å². The first kappa shape index (κ1) is 17.2. The summed E-state index contributed by atoms with van der Waals surface area (Å²) in [5, 5.41) is 1.21. The highest BCUT2D eigenvalue weighted by atomic mass is 79.9. The number of fused-ring (bicyclic) bond motifs is 1. The van der Waals surface area contributed by atoms with Crippen LogP contribution in [-0.4, -0.2) is 12.5 Å². The summed E-state index contributed by atoms with van der Waals surface area (Å²) in [7, 11) is 0. The van der Waals surface area contributed by atoms with Crippen molar-refractivity contribution in [1.82, 2.24) is 4.72 Å². The minimum Gasteiger partial charge on any atom is -0.487 e. The maximum Gasteiger partial charge on any atom is 0.251 e. The molecule has 0 saturated carbocycles. The first-order chi connectivity index (χ1) is 12.6. The number of halogens is 2. The van der Waals surface area contributed by atoms with Gasteiger partial charge in [-0.25, -0.2) is 4.39 Å². The van der Waals surface area contributed by atoms with Gasteiger partial charge in [0, 0.05) is 9.86 Å². The number of carbonyl (C=O) groups is 1. The molecule has 1 amide bonds. The van der Waals surface area contributed by atoms with Crippen molar-refractivity contribution in [2.24, 2.45) is 0 Å². The molecular weight excluding hydrogens is 419 g/mol. The SMILES string of the molecule is O=C1CN(c2c(OCc3ccccc3)cc3cc(Br)ccc3c2F)SN1. The van der Waals surface area contributed by atoms with Gasteiger partial charge in [-0.2, -0.15) is 0 Å². The highest BCUT2D eigenvalue weighted by Crippen LogP contribution is 2.41. The van der Waals surface area contributed by atoms with E-state index in [0.29, 0.717) is 17.7 Å². The van der Waals surface area contributed by atoms with E-state index in [0.717, 1.165) is 27.6 Å². The zero-order valence-corrected chi connectivity index (χ0v) is 15.9. The van der Waals surface area contributed by atoms with E-state index in [1.165, 1.54) is 0 Å². The second-order valence-corrected chi connectivity index (χ2v) is 7.57. The molecule has 0 spiro atoms. The van der Waals surface area contributed by atoms with Gasteiger partial charge in [-0.15, -0.1) is 0 Å². The monoisotopic (exact) mass is 432 g/mol. The smallest absolute Gasteiger partial charge is 0.251 e. The van der Waals surface area contributed by atoms with Crippen molar-refractivity contribution < 1.29 is 13.9 Å². The number of amides is 1. The lowest BCUT2D eigenvalue weighted by atomic mass is 10.1. The quantitative estimate of drug-likeness (QED) is 0.600. The van der Waals surface area contributed by atoms with E-state index in [9.17, 15) is 4.79 Å². The number of nitrogens with zero attached hydrogens (tertiary/aromatic N) is 1. The van der Waals surface area contributed by atoms with E-state index >= 15 is 4.39 Å². The summed E-state index contributed by atoms with van der Waals surface area (Å²) in [5.74, 6) is -0.165. The van der Waals surface area contributed by atoms with Crippen LogP contribution in [0.1, 0.15) is 5.56 Å². The first-order valence-electron chi connectivity index (χ1n) is 7.93. The van der Waals surface area contributed by atoms with Gasteiger partial charge in [0.25, 0.3) is 5.91 Å². The van der Waals surface area contributed by atoms with Crippen LogP contribution in [0.2, 0.25) is 0 Å². The van der Waals surface area contributed by atoms with Gasteiger partial charge in [0.05, 0.1) is 12.1 Å². The summed E-state index contributed by atoms with van der Waals surface area (Å²) in [6.45, 7) is 0.387. The minimum absolute atomic E-state index is 0.0747. The molecule has 1 N–H and O–H groups in total. The molecule has 4 rings (SSSR count).